The van der Waals surface area contributed by atoms with Gasteiger partial charge >= 0.3 is 6.03 Å². The summed E-state index contributed by atoms with van der Waals surface area (Å²) in [4.78, 5) is 16.5. The summed E-state index contributed by atoms with van der Waals surface area (Å²) in [5.74, 6) is 0.480. The molecule has 24 heavy (non-hydrogen) atoms. The molecule has 120 valence electrons. The van der Waals surface area contributed by atoms with Gasteiger partial charge in [0.15, 0.2) is 0 Å². The standard InChI is InChI=1S/C18H17N5O/c1-22-13-16(12-21-22)15-8-9-17(19-11-15)23(2)18(24)20-10-14-6-4-3-5-7-14/h3-9,11-13H,2,10H2,1H3/p+1. The fraction of sp³-hybridized carbons (Fsp3) is 0.111. The molecule has 0 bridgehead atoms. The SMILES string of the molecule is C=[N+](C(=O)NCc1ccccc1)c1ccc(-c2cnn(C)c2)cn1. The van der Waals surface area contributed by atoms with E-state index in [1.807, 2.05) is 49.6 Å². The lowest BCUT2D eigenvalue weighted by Gasteiger charge is -2.04. The number of amides is 2. The van der Waals surface area contributed by atoms with Crippen LogP contribution in [0.3, 0.4) is 0 Å². The summed E-state index contributed by atoms with van der Waals surface area (Å²) in [7, 11) is 1.86. The van der Waals surface area contributed by atoms with Crippen LogP contribution < -0.4 is 5.32 Å². The van der Waals surface area contributed by atoms with Crippen LogP contribution in [0.2, 0.25) is 0 Å². The van der Waals surface area contributed by atoms with Crippen LogP contribution >= 0.6 is 0 Å². The van der Waals surface area contributed by atoms with Gasteiger partial charge in [-0.15, -0.1) is 4.98 Å². The lowest BCUT2D eigenvalue weighted by atomic mass is 10.2. The van der Waals surface area contributed by atoms with Crippen molar-refractivity contribution in [2.75, 3.05) is 0 Å². The average molecular weight is 320 g/mol. The number of carbonyl (C=O) groups is 1. The van der Waals surface area contributed by atoms with Crippen molar-refractivity contribution >= 4 is 18.6 Å². The number of benzene rings is 1. The summed E-state index contributed by atoms with van der Waals surface area (Å²) in [5, 5.41) is 6.95. The van der Waals surface area contributed by atoms with Crippen LogP contribution in [0.1, 0.15) is 5.56 Å². The largest absolute Gasteiger partial charge is 0.440 e. The van der Waals surface area contributed by atoms with E-state index in [1.165, 1.54) is 4.58 Å². The van der Waals surface area contributed by atoms with Crippen LogP contribution in [0.4, 0.5) is 10.6 Å². The van der Waals surface area contributed by atoms with E-state index in [1.54, 1.807) is 23.1 Å². The van der Waals surface area contributed by atoms with Gasteiger partial charge in [0.05, 0.1) is 12.7 Å². The highest BCUT2D eigenvalue weighted by molar-refractivity contribution is 5.70. The zero-order valence-corrected chi connectivity index (χ0v) is 13.4. The molecule has 6 nitrogen and oxygen atoms in total. The van der Waals surface area contributed by atoms with Crippen LogP contribution in [-0.4, -0.2) is 32.1 Å². The maximum absolute atomic E-state index is 12.2. The normalized spacial score (nSPS) is 10.4. The molecule has 1 aromatic carbocycles. The Morgan fingerprint density at radius 2 is 1.96 bits per heavy atom. The molecule has 0 spiro atoms. The second kappa shape index (κ2) is 6.87. The zero-order valence-electron chi connectivity index (χ0n) is 13.4. The molecule has 0 aliphatic rings. The van der Waals surface area contributed by atoms with Gasteiger partial charge in [-0.05, 0) is 11.6 Å². The summed E-state index contributed by atoms with van der Waals surface area (Å²) in [6, 6.07) is 13.1. The van der Waals surface area contributed by atoms with Gasteiger partial charge in [0, 0.05) is 37.2 Å². The number of pyridine rings is 1. The average Bonchev–Trinajstić information content (AvgIpc) is 3.06. The molecular formula is C18H18N5O+. The van der Waals surface area contributed by atoms with Crippen LogP contribution in [0, 0.1) is 0 Å². The summed E-state index contributed by atoms with van der Waals surface area (Å²) in [6.45, 7) is 4.21. The number of urea groups is 1. The highest BCUT2D eigenvalue weighted by Crippen LogP contribution is 2.19. The van der Waals surface area contributed by atoms with Crippen molar-refractivity contribution in [3.05, 3.63) is 66.6 Å². The van der Waals surface area contributed by atoms with E-state index in [9.17, 15) is 4.79 Å². The monoisotopic (exact) mass is 320 g/mol. The number of aromatic nitrogens is 3. The molecule has 3 aromatic rings. The lowest BCUT2D eigenvalue weighted by Crippen LogP contribution is -2.29. The second-order valence-corrected chi connectivity index (χ2v) is 5.38. The summed E-state index contributed by atoms with van der Waals surface area (Å²) < 4.78 is 2.98. The number of rotatable bonds is 4. The molecular weight excluding hydrogens is 302 g/mol. The Labute approximate surface area is 140 Å². The first-order valence-corrected chi connectivity index (χ1v) is 7.51. The van der Waals surface area contributed by atoms with E-state index in [0.29, 0.717) is 12.4 Å². The van der Waals surface area contributed by atoms with Crippen molar-refractivity contribution in [2.24, 2.45) is 7.05 Å². The summed E-state index contributed by atoms with van der Waals surface area (Å²) in [6.07, 6.45) is 5.38. The molecule has 6 heteroatoms. The Hall–Kier alpha value is -3.28. The maximum Gasteiger partial charge on any atom is 0.440 e. The van der Waals surface area contributed by atoms with Crippen LogP contribution in [0.25, 0.3) is 11.1 Å². The van der Waals surface area contributed by atoms with Gasteiger partial charge in [0.2, 0.25) is 0 Å². The summed E-state index contributed by atoms with van der Waals surface area (Å²) in [5.41, 5.74) is 2.93. The van der Waals surface area contributed by atoms with E-state index in [0.717, 1.165) is 16.7 Å². The molecule has 3 rings (SSSR count). The second-order valence-electron chi connectivity index (χ2n) is 5.38. The van der Waals surface area contributed by atoms with Gasteiger partial charge < -0.3 is 0 Å². The smallest absolute Gasteiger partial charge is 0.275 e. The van der Waals surface area contributed by atoms with Gasteiger partial charge in [-0.2, -0.15) is 9.67 Å². The van der Waals surface area contributed by atoms with E-state index in [4.69, 9.17) is 0 Å². The highest BCUT2D eigenvalue weighted by atomic mass is 16.2. The van der Waals surface area contributed by atoms with E-state index in [2.05, 4.69) is 22.1 Å². The maximum atomic E-state index is 12.2. The molecule has 2 amide bonds. The van der Waals surface area contributed by atoms with Gasteiger partial charge in [-0.3, -0.25) is 10.00 Å². The topological polar surface area (TPSA) is 62.8 Å². The van der Waals surface area contributed by atoms with Crippen LogP contribution in [0.15, 0.2) is 61.1 Å². The number of nitrogens with zero attached hydrogens (tertiary/aromatic N) is 4. The molecule has 0 fully saturated rings. The van der Waals surface area contributed by atoms with Gasteiger partial charge in [-0.25, -0.2) is 4.79 Å². The number of hydrogen-bond donors (Lipinski definition) is 1. The van der Waals surface area contributed by atoms with Crippen molar-refractivity contribution in [1.82, 2.24) is 20.1 Å². The molecule has 2 heterocycles. The predicted molar refractivity (Wildman–Crippen MR) is 92.2 cm³/mol. The number of carbonyl (C=O) groups excluding carboxylic acids is 1. The Bertz CT molecular complexity index is 853. The minimum atomic E-state index is -0.305. The molecule has 0 saturated heterocycles. The van der Waals surface area contributed by atoms with Crippen LogP contribution in [-0.2, 0) is 13.6 Å². The first-order chi connectivity index (χ1) is 11.6. The molecule has 0 saturated carbocycles. The summed E-state index contributed by atoms with van der Waals surface area (Å²) >= 11 is 0. The van der Waals surface area contributed by atoms with E-state index >= 15 is 0 Å². The Morgan fingerprint density at radius 3 is 2.58 bits per heavy atom. The molecule has 0 aliphatic heterocycles. The molecule has 0 radical (unpaired) electrons. The van der Waals surface area contributed by atoms with Crippen molar-refractivity contribution in [3.8, 4) is 11.1 Å². The third-order valence-corrected chi connectivity index (χ3v) is 3.59. The Kier molecular flexibility index (Phi) is 4.47. The molecule has 0 unspecified atom stereocenters. The number of hydrogen-bond acceptors (Lipinski definition) is 3. The van der Waals surface area contributed by atoms with E-state index in [-0.39, 0.29) is 6.03 Å². The lowest BCUT2D eigenvalue weighted by molar-refractivity contribution is -0.328. The minimum Gasteiger partial charge on any atom is -0.275 e. The van der Waals surface area contributed by atoms with Crippen molar-refractivity contribution in [3.63, 3.8) is 0 Å². The van der Waals surface area contributed by atoms with Crippen molar-refractivity contribution in [2.45, 2.75) is 6.54 Å². The zero-order chi connectivity index (χ0) is 16.9. The van der Waals surface area contributed by atoms with Crippen LogP contribution in [0.5, 0.6) is 0 Å². The van der Waals surface area contributed by atoms with Gasteiger partial charge in [-0.1, -0.05) is 30.3 Å². The molecule has 0 atom stereocenters. The fourth-order valence-corrected chi connectivity index (χ4v) is 2.26. The molecule has 0 aliphatic carbocycles. The highest BCUT2D eigenvalue weighted by Gasteiger charge is 2.16. The first kappa shape index (κ1) is 15.6. The Morgan fingerprint density at radius 1 is 1.17 bits per heavy atom. The molecule has 1 N–H and O–H groups in total. The number of nitrogens with one attached hydrogen (secondary N) is 1. The fourth-order valence-electron chi connectivity index (χ4n) is 2.26. The van der Waals surface area contributed by atoms with Crippen molar-refractivity contribution < 1.29 is 9.37 Å². The Balaban J connectivity index is 1.65. The predicted octanol–water partition coefficient (Wildman–Crippen LogP) is 2.74. The minimum absolute atomic E-state index is 0.305. The first-order valence-electron chi connectivity index (χ1n) is 7.51. The third-order valence-electron chi connectivity index (χ3n) is 3.59. The number of aryl methyl sites for hydroxylation is 1. The van der Waals surface area contributed by atoms with Gasteiger partial charge in [0.25, 0.3) is 5.82 Å². The van der Waals surface area contributed by atoms with E-state index < -0.39 is 0 Å². The van der Waals surface area contributed by atoms with Gasteiger partial charge in [0.1, 0.15) is 6.20 Å². The quantitative estimate of drug-likeness (QED) is 0.594. The van der Waals surface area contributed by atoms with Crippen molar-refractivity contribution in [1.29, 1.82) is 0 Å². The molecule has 2 aromatic heterocycles. The third kappa shape index (κ3) is 3.55.